The molecule has 1 amide bonds. The van der Waals surface area contributed by atoms with Crippen molar-refractivity contribution < 1.29 is 19.0 Å². The Morgan fingerprint density at radius 3 is 2.02 bits per heavy atom. The van der Waals surface area contributed by atoms with Crippen LogP contribution in [0.2, 0.25) is 0 Å². The van der Waals surface area contributed by atoms with Crippen molar-refractivity contribution in [3.8, 4) is 17.2 Å². The minimum Gasteiger partial charge on any atom is -0.497 e. The molecule has 2 saturated heterocycles. The molecule has 2 aliphatic carbocycles. The van der Waals surface area contributed by atoms with Gasteiger partial charge in [0.15, 0.2) is 0 Å². The van der Waals surface area contributed by atoms with Gasteiger partial charge in [-0.15, -0.1) is 0 Å². The highest BCUT2D eigenvalue weighted by Crippen LogP contribution is 2.49. The number of aryl methyl sites for hydroxylation is 3. The second kappa shape index (κ2) is 20.5. The zero-order chi connectivity index (χ0) is 42.9. The SMILES string of the molecule is C=C(CC1(c2cc(OC)ccc2CC)CCN(CC2CC2)C(C)C1)NC.COc1ccc(CCC2(c3cc(OC)ccc3C)CCN(CC3CC3)C(C)/C2=C/NC=O)cc1. The van der Waals surface area contributed by atoms with Gasteiger partial charge in [0.25, 0.3) is 0 Å². The van der Waals surface area contributed by atoms with Gasteiger partial charge in [0, 0.05) is 54.9 Å². The molecule has 0 radical (unpaired) electrons. The zero-order valence-corrected chi connectivity index (χ0v) is 38.1. The van der Waals surface area contributed by atoms with Crippen LogP contribution in [0, 0.1) is 18.8 Å². The Hall–Kier alpha value is -4.27. The molecule has 2 N–H and O–H groups in total. The maximum Gasteiger partial charge on any atom is 0.211 e. The minimum absolute atomic E-state index is 0.152. The lowest BCUT2D eigenvalue weighted by atomic mass is 9.63. The molecule has 4 aliphatic rings. The molecule has 0 spiro atoms. The predicted octanol–water partition coefficient (Wildman–Crippen LogP) is 9.53. The largest absolute Gasteiger partial charge is 0.497 e. The summed E-state index contributed by atoms with van der Waals surface area (Å²) in [5.74, 6) is 4.51. The van der Waals surface area contributed by atoms with Crippen LogP contribution in [0.3, 0.4) is 0 Å². The number of rotatable bonds is 18. The number of hydrogen-bond acceptors (Lipinski definition) is 7. The zero-order valence-electron chi connectivity index (χ0n) is 38.1. The summed E-state index contributed by atoms with van der Waals surface area (Å²) in [7, 11) is 7.19. The molecule has 0 aromatic heterocycles. The van der Waals surface area contributed by atoms with Gasteiger partial charge in [0.1, 0.15) is 17.2 Å². The first-order valence-corrected chi connectivity index (χ1v) is 22.7. The van der Waals surface area contributed by atoms with Gasteiger partial charge < -0.3 is 29.7 Å². The fraction of sp³-hybridized carbons (Fsp3) is 0.558. The lowest BCUT2D eigenvalue weighted by Crippen LogP contribution is -2.51. The van der Waals surface area contributed by atoms with Gasteiger partial charge in [-0.1, -0.05) is 37.8 Å². The van der Waals surface area contributed by atoms with Gasteiger partial charge in [-0.3, -0.25) is 9.69 Å². The van der Waals surface area contributed by atoms with E-state index in [-0.39, 0.29) is 16.9 Å². The van der Waals surface area contributed by atoms with Crippen molar-refractivity contribution in [2.45, 2.75) is 121 Å². The lowest BCUT2D eigenvalue weighted by molar-refractivity contribution is -0.108. The molecule has 4 atom stereocenters. The Balaban J connectivity index is 0.000000209. The van der Waals surface area contributed by atoms with Crippen molar-refractivity contribution in [1.82, 2.24) is 20.4 Å². The molecule has 2 heterocycles. The molecule has 8 heteroatoms. The highest BCUT2D eigenvalue weighted by Gasteiger charge is 2.46. The van der Waals surface area contributed by atoms with Gasteiger partial charge in [-0.2, -0.15) is 0 Å². The van der Waals surface area contributed by atoms with Crippen molar-refractivity contribution in [1.29, 1.82) is 0 Å². The van der Waals surface area contributed by atoms with Crippen molar-refractivity contribution in [2.75, 3.05) is 54.6 Å². The van der Waals surface area contributed by atoms with E-state index in [1.807, 2.05) is 31.4 Å². The smallest absolute Gasteiger partial charge is 0.211 e. The van der Waals surface area contributed by atoms with E-state index in [4.69, 9.17) is 14.2 Å². The first kappa shape index (κ1) is 45.3. The third-order valence-corrected chi connectivity index (χ3v) is 14.4. The number of piperidine rings is 2. The van der Waals surface area contributed by atoms with E-state index >= 15 is 0 Å². The number of hydrogen-bond donors (Lipinski definition) is 2. The summed E-state index contributed by atoms with van der Waals surface area (Å²) >= 11 is 0. The number of carbonyl (C=O) groups excluding carboxylic acids is 1. The molecule has 2 saturated carbocycles. The molecule has 4 fully saturated rings. The normalized spacial score (nSPS) is 25.2. The quantitative estimate of drug-likeness (QED) is 0.124. The van der Waals surface area contributed by atoms with E-state index in [0.29, 0.717) is 6.04 Å². The van der Waals surface area contributed by atoms with Gasteiger partial charge in [0.2, 0.25) is 6.41 Å². The van der Waals surface area contributed by atoms with Crippen molar-refractivity contribution in [2.24, 2.45) is 11.8 Å². The number of carbonyl (C=O) groups is 1. The number of likely N-dealkylation sites (tertiary alicyclic amines) is 2. The summed E-state index contributed by atoms with van der Waals surface area (Å²) in [6, 6.07) is 22.3. The number of ether oxygens (including phenoxy) is 3. The Kier molecular flexibility index (Phi) is 15.5. The van der Waals surface area contributed by atoms with Crippen LogP contribution in [-0.4, -0.2) is 82.8 Å². The third kappa shape index (κ3) is 10.8. The van der Waals surface area contributed by atoms with Gasteiger partial charge in [0.05, 0.1) is 21.3 Å². The van der Waals surface area contributed by atoms with Crippen LogP contribution in [0.1, 0.15) is 106 Å². The topological polar surface area (TPSA) is 75.3 Å². The van der Waals surface area contributed by atoms with E-state index in [1.54, 1.807) is 21.3 Å². The molecule has 326 valence electrons. The lowest BCUT2D eigenvalue weighted by Gasteiger charge is -2.49. The average Bonchev–Trinajstić information content (AvgIpc) is 4.23. The molecule has 3 aromatic carbocycles. The van der Waals surface area contributed by atoms with E-state index in [9.17, 15) is 4.79 Å². The maximum absolute atomic E-state index is 11.4. The van der Waals surface area contributed by atoms with E-state index < -0.39 is 0 Å². The standard InChI is InChI=1S/C29H38N2O3.C23H36N2O/c1-21-5-10-26(34-4)17-27(21)29(14-13-23-8-11-25(33-3)12-9-23)15-16-31(19-24-6-7-24)22(2)28(29)18-30-20-32;1-6-20-9-10-21(26-5)13-22(20)23(14-17(2)24-4)11-12-25(18(3)15-23)16-19-7-8-19/h5,8-12,17-18,20,22,24H,6-7,13-16,19H2,1-4H3,(H,30,32);9-10,13,18-19,24H,2,6-8,11-12,14-16H2,1,3-5H3/b28-18-;. The number of methoxy groups -OCH3 is 3. The summed E-state index contributed by atoms with van der Waals surface area (Å²) in [4.78, 5) is 16.7. The van der Waals surface area contributed by atoms with E-state index in [2.05, 4.69) is 97.2 Å². The minimum atomic E-state index is -0.186. The van der Waals surface area contributed by atoms with Crippen molar-refractivity contribution in [3.05, 3.63) is 113 Å². The summed E-state index contributed by atoms with van der Waals surface area (Å²) in [6.45, 7) is 18.1. The fourth-order valence-corrected chi connectivity index (χ4v) is 10.4. The Bertz CT molecular complexity index is 1920. The van der Waals surface area contributed by atoms with Crippen LogP contribution in [0.15, 0.2) is 84.7 Å². The van der Waals surface area contributed by atoms with Crippen LogP contribution in [-0.2, 0) is 28.5 Å². The second-order valence-corrected chi connectivity index (χ2v) is 18.3. The molecule has 60 heavy (non-hydrogen) atoms. The highest BCUT2D eigenvalue weighted by atomic mass is 16.5. The van der Waals surface area contributed by atoms with Gasteiger partial charge in [-0.05, 0) is 186 Å². The van der Waals surface area contributed by atoms with E-state index in [1.165, 1.54) is 85.0 Å². The summed E-state index contributed by atoms with van der Waals surface area (Å²) in [5.41, 5.74) is 9.18. The second-order valence-electron chi connectivity index (χ2n) is 18.3. The molecular weight excluding hydrogens is 745 g/mol. The summed E-state index contributed by atoms with van der Waals surface area (Å²) in [6.07, 6.45) is 15.7. The molecule has 2 aliphatic heterocycles. The number of nitrogens with one attached hydrogen (secondary N) is 2. The monoisotopic (exact) mass is 819 g/mol. The predicted molar refractivity (Wildman–Crippen MR) is 246 cm³/mol. The molecule has 3 aromatic rings. The van der Waals surface area contributed by atoms with Crippen LogP contribution in [0.25, 0.3) is 0 Å². The van der Waals surface area contributed by atoms with Gasteiger partial charge >= 0.3 is 0 Å². The molecular formula is C52H74N4O4. The van der Waals surface area contributed by atoms with Crippen LogP contribution < -0.4 is 24.8 Å². The third-order valence-electron chi connectivity index (χ3n) is 14.4. The van der Waals surface area contributed by atoms with Crippen LogP contribution in [0.4, 0.5) is 0 Å². The Morgan fingerprint density at radius 2 is 1.43 bits per heavy atom. The molecule has 0 bridgehead atoms. The summed E-state index contributed by atoms with van der Waals surface area (Å²) in [5, 5.41) is 6.21. The number of benzene rings is 3. The average molecular weight is 819 g/mol. The van der Waals surface area contributed by atoms with Crippen LogP contribution in [0.5, 0.6) is 17.2 Å². The fourth-order valence-electron chi connectivity index (χ4n) is 10.4. The number of allylic oxidation sites excluding steroid dienone is 1. The molecule has 4 unspecified atom stereocenters. The molecule has 8 nitrogen and oxygen atoms in total. The Labute approximate surface area is 362 Å². The first-order valence-electron chi connectivity index (χ1n) is 22.7. The summed E-state index contributed by atoms with van der Waals surface area (Å²) < 4.78 is 16.6. The number of amides is 1. The van der Waals surface area contributed by atoms with Crippen molar-refractivity contribution in [3.63, 3.8) is 0 Å². The van der Waals surface area contributed by atoms with Crippen molar-refractivity contribution >= 4 is 6.41 Å². The van der Waals surface area contributed by atoms with Gasteiger partial charge in [-0.25, -0.2) is 0 Å². The first-order chi connectivity index (χ1) is 29.0. The Morgan fingerprint density at radius 1 is 0.833 bits per heavy atom. The maximum atomic E-state index is 11.4. The highest BCUT2D eigenvalue weighted by molar-refractivity contribution is 5.52. The number of nitrogens with zero attached hydrogens (tertiary/aromatic N) is 2. The van der Waals surface area contributed by atoms with E-state index in [0.717, 1.165) is 86.4 Å². The molecule has 7 rings (SSSR count). The van der Waals surface area contributed by atoms with Crippen LogP contribution >= 0.6 is 0 Å².